The molecule has 0 spiro atoms. The lowest BCUT2D eigenvalue weighted by Crippen LogP contribution is -2.18. The van der Waals surface area contributed by atoms with E-state index in [0.29, 0.717) is 11.3 Å². The SMILES string of the molecule is N#Cc1c(-c2ccco2)c2c([nH]c1=O)/C(=C/c1ccco1)CCCCC2. The van der Waals surface area contributed by atoms with Gasteiger partial charge in [0.1, 0.15) is 23.2 Å². The van der Waals surface area contributed by atoms with Gasteiger partial charge in [0.15, 0.2) is 0 Å². The Morgan fingerprint density at radius 3 is 2.62 bits per heavy atom. The van der Waals surface area contributed by atoms with Crippen molar-refractivity contribution in [2.24, 2.45) is 0 Å². The molecule has 0 aliphatic heterocycles. The lowest BCUT2D eigenvalue weighted by atomic mass is 9.87. The van der Waals surface area contributed by atoms with Gasteiger partial charge in [-0.3, -0.25) is 4.79 Å². The quantitative estimate of drug-likeness (QED) is 0.725. The number of furan rings is 2. The van der Waals surface area contributed by atoms with Gasteiger partial charge < -0.3 is 13.8 Å². The topological polar surface area (TPSA) is 82.9 Å². The third kappa shape index (κ3) is 2.91. The fourth-order valence-electron chi connectivity index (χ4n) is 3.57. The summed E-state index contributed by atoms with van der Waals surface area (Å²) in [6, 6.07) is 9.35. The number of aromatic nitrogens is 1. The average molecular weight is 346 g/mol. The smallest absolute Gasteiger partial charge is 0.267 e. The third-order valence-electron chi connectivity index (χ3n) is 4.75. The van der Waals surface area contributed by atoms with E-state index in [-0.39, 0.29) is 11.1 Å². The Hall–Kier alpha value is -3.26. The van der Waals surface area contributed by atoms with Crippen molar-refractivity contribution in [2.75, 3.05) is 0 Å². The van der Waals surface area contributed by atoms with Gasteiger partial charge in [-0.2, -0.15) is 5.26 Å². The fourth-order valence-corrected chi connectivity index (χ4v) is 3.57. The zero-order valence-electron chi connectivity index (χ0n) is 14.2. The highest BCUT2D eigenvalue weighted by molar-refractivity contribution is 5.84. The van der Waals surface area contributed by atoms with E-state index in [2.05, 4.69) is 11.1 Å². The van der Waals surface area contributed by atoms with Crippen molar-refractivity contribution in [3.63, 3.8) is 0 Å². The maximum Gasteiger partial charge on any atom is 0.267 e. The van der Waals surface area contributed by atoms with Crippen LogP contribution in [0.25, 0.3) is 23.0 Å². The van der Waals surface area contributed by atoms with Crippen molar-refractivity contribution in [1.29, 1.82) is 5.26 Å². The van der Waals surface area contributed by atoms with Crippen LogP contribution >= 0.6 is 0 Å². The van der Waals surface area contributed by atoms with Crippen LogP contribution in [0.3, 0.4) is 0 Å². The number of pyridine rings is 1. The first-order valence-electron chi connectivity index (χ1n) is 8.75. The summed E-state index contributed by atoms with van der Waals surface area (Å²) in [5, 5.41) is 9.56. The van der Waals surface area contributed by atoms with Crippen LogP contribution < -0.4 is 5.56 Å². The van der Waals surface area contributed by atoms with Crippen molar-refractivity contribution >= 4 is 11.6 Å². The van der Waals surface area contributed by atoms with Crippen molar-refractivity contribution < 1.29 is 8.83 Å². The Labute approximate surface area is 150 Å². The number of nitriles is 1. The number of aromatic amines is 1. The van der Waals surface area contributed by atoms with Crippen molar-refractivity contribution in [2.45, 2.75) is 32.1 Å². The second kappa shape index (κ2) is 6.93. The Balaban J connectivity index is 2.00. The van der Waals surface area contributed by atoms with E-state index in [1.165, 1.54) is 0 Å². The molecule has 3 aromatic rings. The number of hydrogen-bond acceptors (Lipinski definition) is 4. The molecule has 4 rings (SSSR count). The van der Waals surface area contributed by atoms with Crippen molar-refractivity contribution in [1.82, 2.24) is 4.98 Å². The van der Waals surface area contributed by atoms with Crippen LogP contribution in [0, 0.1) is 11.3 Å². The minimum absolute atomic E-state index is 0.108. The largest absolute Gasteiger partial charge is 0.465 e. The summed E-state index contributed by atoms with van der Waals surface area (Å²) >= 11 is 0. The molecule has 0 amide bonds. The average Bonchev–Trinajstić information content (AvgIpc) is 3.32. The third-order valence-corrected chi connectivity index (χ3v) is 4.75. The van der Waals surface area contributed by atoms with E-state index >= 15 is 0 Å². The molecule has 0 saturated carbocycles. The first kappa shape index (κ1) is 16.2. The Morgan fingerprint density at radius 1 is 1.08 bits per heavy atom. The number of nitrogens with one attached hydrogen (secondary N) is 1. The first-order chi connectivity index (χ1) is 12.8. The normalized spacial score (nSPS) is 15.9. The van der Waals surface area contributed by atoms with Gasteiger partial charge >= 0.3 is 0 Å². The van der Waals surface area contributed by atoms with Crippen LogP contribution in [0.1, 0.15) is 48.3 Å². The van der Waals surface area contributed by atoms with E-state index in [9.17, 15) is 10.1 Å². The maximum atomic E-state index is 12.6. The number of hydrogen-bond donors (Lipinski definition) is 1. The molecular formula is C21H18N2O3. The van der Waals surface area contributed by atoms with Crippen molar-refractivity contribution in [3.8, 4) is 17.4 Å². The van der Waals surface area contributed by atoms with Gasteiger partial charge in [0.25, 0.3) is 5.56 Å². The monoisotopic (exact) mass is 346 g/mol. The van der Waals surface area contributed by atoms with Crippen LogP contribution in [-0.4, -0.2) is 4.98 Å². The van der Waals surface area contributed by atoms with Crippen LogP contribution in [0.15, 0.2) is 50.4 Å². The number of fused-ring (bicyclic) bond motifs is 1. The van der Waals surface area contributed by atoms with Gasteiger partial charge in [-0.25, -0.2) is 0 Å². The second-order valence-corrected chi connectivity index (χ2v) is 6.39. The standard InChI is InChI=1S/C21H18N2O3/c22-13-17-19(18-9-5-11-26-18)16-8-3-1-2-6-14(20(16)23-21(17)24)12-15-7-4-10-25-15/h4-5,7,9-12H,1-3,6,8H2,(H,23,24)/b14-12+. The molecule has 130 valence electrons. The van der Waals surface area contributed by atoms with Gasteiger partial charge in [0, 0.05) is 11.3 Å². The van der Waals surface area contributed by atoms with Crippen LogP contribution in [0.4, 0.5) is 0 Å². The van der Waals surface area contributed by atoms with Crippen LogP contribution in [0.2, 0.25) is 0 Å². The molecule has 1 aliphatic rings. The van der Waals surface area contributed by atoms with Gasteiger partial charge in [0.2, 0.25) is 0 Å². The lowest BCUT2D eigenvalue weighted by molar-refractivity contribution is 0.557. The molecule has 0 fully saturated rings. The maximum absolute atomic E-state index is 12.6. The number of nitrogens with zero attached hydrogens (tertiary/aromatic N) is 1. The van der Waals surface area contributed by atoms with E-state index < -0.39 is 0 Å². The van der Waals surface area contributed by atoms with Gasteiger partial charge in [-0.15, -0.1) is 0 Å². The summed E-state index contributed by atoms with van der Waals surface area (Å²) in [6.45, 7) is 0. The molecule has 0 atom stereocenters. The van der Waals surface area contributed by atoms with Crippen LogP contribution in [0.5, 0.6) is 0 Å². The molecule has 0 saturated heterocycles. The van der Waals surface area contributed by atoms with Gasteiger partial charge in [-0.05, 0) is 67.2 Å². The lowest BCUT2D eigenvalue weighted by Gasteiger charge is -2.19. The Bertz CT molecular complexity index is 1030. The molecule has 0 radical (unpaired) electrons. The molecular weight excluding hydrogens is 328 g/mol. The molecule has 26 heavy (non-hydrogen) atoms. The number of allylic oxidation sites excluding steroid dienone is 1. The number of rotatable bonds is 2. The van der Waals surface area contributed by atoms with E-state index in [1.807, 2.05) is 18.2 Å². The van der Waals surface area contributed by atoms with Crippen molar-refractivity contribution in [3.05, 3.63) is 69.7 Å². The minimum atomic E-state index is -0.386. The Kier molecular flexibility index (Phi) is 4.32. The summed E-state index contributed by atoms with van der Waals surface area (Å²) in [5.74, 6) is 1.30. The van der Waals surface area contributed by atoms with Gasteiger partial charge in [-0.1, -0.05) is 6.42 Å². The summed E-state index contributed by atoms with van der Waals surface area (Å²) in [4.78, 5) is 15.6. The summed E-state index contributed by atoms with van der Waals surface area (Å²) in [5.41, 5.74) is 3.11. The highest BCUT2D eigenvalue weighted by Gasteiger charge is 2.23. The zero-order valence-corrected chi connectivity index (χ0v) is 14.2. The molecule has 1 aliphatic carbocycles. The van der Waals surface area contributed by atoms with E-state index in [0.717, 1.165) is 54.7 Å². The van der Waals surface area contributed by atoms with Crippen LogP contribution in [-0.2, 0) is 6.42 Å². The number of H-pyrrole nitrogens is 1. The molecule has 0 aromatic carbocycles. The molecule has 0 bridgehead atoms. The molecule has 5 heteroatoms. The minimum Gasteiger partial charge on any atom is -0.465 e. The first-order valence-corrected chi connectivity index (χ1v) is 8.75. The predicted molar refractivity (Wildman–Crippen MR) is 98.2 cm³/mol. The zero-order chi connectivity index (χ0) is 17.9. The molecule has 3 heterocycles. The molecule has 1 N–H and O–H groups in total. The summed E-state index contributed by atoms with van der Waals surface area (Å²) in [6.07, 6.45) is 9.93. The fraction of sp³-hybridized carbons (Fsp3) is 0.238. The second-order valence-electron chi connectivity index (χ2n) is 6.39. The van der Waals surface area contributed by atoms with E-state index in [1.54, 1.807) is 24.7 Å². The summed E-state index contributed by atoms with van der Waals surface area (Å²) < 4.78 is 11.0. The highest BCUT2D eigenvalue weighted by Crippen LogP contribution is 2.35. The Morgan fingerprint density at radius 2 is 1.88 bits per heavy atom. The molecule has 5 nitrogen and oxygen atoms in total. The predicted octanol–water partition coefficient (Wildman–Crippen LogP) is 4.76. The van der Waals surface area contributed by atoms with Gasteiger partial charge in [0.05, 0.1) is 12.5 Å². The molecule has 3 aromatic heterocycles. The highest BCUT2D eigenvalue weighted by atomic mass is 16.3. The van der Waals surface area contributed by atoms with E-state index in [4.69, 9.17) is 8.83 Å². The summed E-state index contributed by atoms with van der Waals surface area (Å²) in [7, 11) is 0. The molecule has 0 unspecified atom stereocenters.